The van der Waals surface area contributed by atoms with Gasteiger partial charge in [-0.1, -0.05) is 46.8 Å². The molecule has 0 spiro atoms. The maximum Gasteiger partial charge on any atom is 0.325 e. The van der Waals surface area contributed by atoms with E-state index in [1.165, 1.54) is 4.68 Å². The van der Waals surface area contributed by atoms with Gasteiger partial charge in [-0.3, -0.25) is 9.59 Å². The molecule has 1 aromatic rings. The Labute approximate surface area is 138 Å². The van der Waals surface area contributed by atoms with Crippen molar-refractivity contribution in [3.63, 3.8) is 0 Å². The number of hydrogen-bond donors (Lipinski definition) is 2. The Morgan fingerprint density at radius 1 is 1.30 bits per heavy atom. The summed E-state index contributed by atoms with van der Waals surface area (Å²) in [4.78, 5) is 21.0. The van der Waals surface area contributed by atoms with Gasteiger partial charge in [-0.25, -0.2) is 4.68 Å². The first-order valence-electron chi connectivity index (χ1n) is 7.87. The molecule has 0 saturated heterocycles. The van der Waals surface area contributed by atoms with Crippen LogP contribution in [0.3, 0.4) is 0 Å². The summed E-state index contributed by atoms with van der Waals surface area (Å²) in [5.74, 6) is -0.183. The van der Waals surface area contributed by atoms with Crippen molar-refractivity contribution < 1.29 is 14.7 Å². The number of nitrogens with two attached hydrogens (primary N) is 1. The topological polar surface area (TPSA) is 111 Å². The summed E-state index contributed by atoms with van der Waals surface area (Å²) in [6.07, 6.45) is 3.60. The van der Waals surface area contributed by atoms with Gasteiger partial charge in [-0.2, -0.15) is 0 Å². The van der Waals surface area contributed by atoms with Gasteiger partial charge in [0.25, 0.3) is 0 Å². The quantitative estimate of drug-likeness (QED) is 0.797. The SMILES string of the molecule is CC(C)C(C)(C)C(N)=O.CC(C)CCc1cn(CC(=O)O)nn1. The van der Waals surface area contributed by atoms with E-state index in [0.717, 1.165) is 18.5 Å². The average Bonchev–Trinajstić information content (AvgIpc) is 2.83. The molecule has 1 amide bonds. The summed E-state index contributed by atoms with van der Waals surface area (Å²) in [5, 5.41) is 16.1. The van der Waals surface area contributed by atoms with Crippen molar-refractivity contribution in [2.24, 2.45) is 23.0 Å². The third-order valence-corrected chi connectivity index (χ3v) is 3.94. The molecule has 0 atom stereocenters. The molecule has 0 aliphatic carbocycles. The largest absolute Gasteiger partial charge is 0.480 e. The van der Waals surface area contributed by atoms with E-state index >= 15 is 0 Å². The lowest BCUT2D eigenvalue weighted by molar-refractivity contribution is -0.138. The fourth-order valence-electron chi connectivity index (χ4n) is 1.39. The van der Waals surface area contributed by atoms with E-state index in [0.29, 0.717) is 11.8 Å². The van der Waals surface area contributed by atoms with Gasteiger partial charge < -0.3 is 10.8 Å². The molecule has 0 fully saturated rings. The third-order valence-electron chi connectivity index (χ3n) is 3.94. The molecule has 0 unspecified atom stereocenters. The van der Waals surface area contributed by atoms with E-state index in [1.807, 2.05) is 27.7 Å². The predicted octanol–water partition coefficient (Wildman–Crippen LogP) is 2.11. The minimum Gasteiger partial charge on any atom is -0.480 e. The molecule has 7 heteroatoms. The van der Waals surface area contributed by atoms with Crippen LogP contribution in [0, 0.1) is 17.3 Å². The van der Waals surface area contributed by atoms with Crippen LogP contribution in [0.2, 0.25) is 0 Å². The Morgan fingerprint density at radius 3 is 2.22 bits per heavy atom. The lowest BCUT2D eigenvalue weighted by Gasteiger charge is -2.24. The first kappa shape index (κ1) is 21.1. The summed E-state index contributed by atoms with van der Waals surface area (Å²) in [6.45, 7) is 11.9. The molecular weight excluding hydrogens is 296 g/mol. The van der Waals surface area contributed by atoms with E-state index in [2.05, 4.69) is 24.2 Å². The van der Waals surface area contributed by atoms with E-state index in [4.69, 9.17) is 10.8 Å². The second-order valence-corrected chi connectivity index (χ2v) is 6.97. The molecule has 7 nitrogen and oxygen atoms in total. The first-order valence-corrected chi connectivity index (χ1v) is 7.87. The zero-order valence-corrected chi connectivity index (χ0v) is 15.0. The van der Waals surface area contributed by atoms with E-state index in [-0.39, 0.29) is 17.9 Å². The first-order chi connectivity index (χ1) is 10.5. The highest BCUT2D eigenvalue weighted by atomic mass is 16.4. The molecule has 1 heterocycles. The maximum absolute atomic E-state index is 10.7. The molecule has 0 aliphatic heterocycles. The Balaban J connectivity index is 0.000000468. The molecule has 0 aliphatic rings. The van der Waals surface area contributed by atoms with Gasteiger partial charge in [0.2, 0.25) is 5.91 Å². The van der Waals surface area contributed by atoms with Gasteiger partial charge in [-0.05, 0) is 24.7 Å². The molecule has 1 rings (SSSR count). The van der Waals surface area contributed by atoms with Crippen molar-refractivity contribution in [2.45, 2.75) is 60.9 Å². The fraction of sp³-hybridized carbons (Fsp3) is 0.750. The molecule has 0 radical (unpaired) electrons. The number of carboxylic acid groups (broad SMARTS) is 1. The minimum atomic E-state index is -0.898. The molecule has 132 valence electrons. The number of aliphatic carboxylic acids is 1. The summed E-state index contributed by atoms with van der Waals surface area (Å²) < 4.78 is 1.35. The van der Waals surface area contributed by atoms with Crippen LogP contribution in [0.25, 0.3) is 0 Å². The van der Waals surface area contributed by atoms with Gasteiger partial charge >= 0.3 is 5.97 Å². The number of carbonyl (C=O) groups is 2. The molecular formula is C16H30N4O3. The molecule has 0 bridgehead atoms. The lowest BCUT2D eigenvalue weighted by atomic mass is 9.81. The maximum atomic E-state index is 10.7. The van der Waals surface area contributed by atoms with Crippen LogP contribution >= 0.6 is 0 Å². The van der Waals surface area contributed by atoms with E-state index in [1.54, 1.807) is 6.20 Å². The Morgan fingerprint density at radius 2 is 1.87 bits per heavy atom. The molecule has 23 heavy (non-hydrogen) atoms. The number of carbonyl (C=O) groups excluding carboxylic acids is 1. The van der Waals surface area contributed by atoms with Crippen molar-refractivity contribution in [2.75, 3.05) is 0 Å². The Bertz CT molecular complexity index is 507. The number of aromatic nitrogens is 3. The van der Waals surface area contributed by atoms with Crippen molar-refractivity contribution in [3.05, 3.63) is 11.9 Å². The van der Waals surface area contributed by atoms with Gasteiger partial charge in [0.05, 0.1) is 5.69 Å². The zero-order chi connectivity index (χ0) is 18.2. The number of nitrogens with zero attached hydrogens (tertiary/aromatic N) is 3. The van der Waals surface area contributed by atoms with Crippen LogP contribution in [0.5, 0.6) is 0 Å². The normalized spacial score (nSPS) is 11.3. The summed E-state index contributed by atoms with van der Waals surface area (Å²) in [7, 11) is 0. The highest BCUT2D eigenvalue weighted by Gasteiger charge is 2.28. The van der Waals surface area contributed by atoms with Crippen LogP contribution in [-0.2, 0) is 22.6 Å². The van der Waals surface area contributed by atoms with Gasteiger partial charge in [0, 0.05) is 11.6 Å². The average molecular weight is 326 g/mol. The number of carboxylic acids is 1. The van der Waals surface area contributed by atoms with E-state index < -0.39 is 5.97 Å². The van der Waals surface area contributed by atoms with E-state index in [9.17, 15) is 9.59 Å². The summed E-state index contributed by atoms with van der Waals surface area (Å²) in [5.41, 5.74) is 5.63. The highest BCUT2D eigenvalue weighted by molar-refractivity contribution is 5.80. The highest BCUT2D eigenvalue weighted by Crippen LogP contribution is 2.24. The van der Waals surface area contributed by atoms with Crippen LogP contribution in [0.4, 0.5) is 0 Å². The number of hydrogen-bond acceptors (Lipinski definition) is 4. The predicted molar refractivity (Wildman–Crippen MR) is 88.6 cm³/mol. The Kier molecular flexibility index (Phi) is 8.50. The van der Waals surface area contributed by atoms with Gasteiger partial charge in [0.1, 0.15) is 6.54 Å². The van der Waals surface area contributed by atoms with Gasteiger partial charge in [0.15, 0.2) is 0 Å². The van der Waals surface area contributed by atoms with Gasteiger partial charge in [-0.15, -0.1) is 5.10 Å². The monoisotopic (exact) mass is 326 g/mol. The number of rotatable bonds is 7. The zero-order valence-electron chi connectivity index (χ0n) is 15.0. The number of amides is 1. The van der Waals surface area contributed by atoms with Crippen molar-refractivity contribution in [3.8, 4) is 0 Å². The standard InChI is InChI=1S/C9H15N3O2.C7H15NO/c1-7(2)3-4-8-5-12(11-10-8)6-9(13)14;1-5(2)7(3,4)6(8)9/h5,7H,3-4,6H2,1-2H3,(H,13,14);5H,1-4H3,(H2,8,9). The third kappa shape index (κ3) is 8.32. The smallest absolute Gasteiger partial charge is 0.325 e. The number of aryl methyl sites for hydroxylation is 1. The van der Waals surface area contributed by atoms with Crippen molar-refractivity contribution in [1.29, 1.82) is 0 Å². The second kappa shape index (κ2) is 9.27. The van der Waals surface area contributed by atoms with Crippen LogP contribution in [-0.4, -0.2) is 32.0 Å². The minimum absolute atomic E-state index is 0.116. The van der Waals surface area contributed by atoms with Crippen molar-refractivity contribution in [1.82, 2.24) is 15.0 Å². The molecule has 1 aromatic heterocycles. The molecule has 0 aromatic carbocycles. The second-order valence-electron chi connectivity index (χ2n) is 6.97. The molecule has 0 saturated carbocycles. The Hall–Kier alpha value is -1.92. The van der Waals surface area contributed by atoms with Crippen LogP contribution < -0.4 is 5.73 Å². The summed E-state index contributed by atoms with van der Waals surface area (Å²) >= 11 is 0. The van der Waals surface area contributed by atoms with Crippen LogP contribution in [0.15, 0.2) is 6.20 Å². The molecule has 3 N–H and O–H groups in total. The van der Waals surface area contributed by atoms with Crippen molar-refractivity contribution >= 4 is 11.9 Å². The van der Waals surface area contributed by atoms with Crippen LogP contribution in [0.1, 0.15) is 53.7 Å². The fourth-order valence-corrected chi connectivity index (χ4v) is 1.39. The summed E-state index contributed by atoms with van der Waals surface area (Å²) in [6, 6.07) is 0. The number of primary amides is 1. The lowest BCUT2D eigenvalue weighted by Crippen LogP contribution is -2.35.